The maximum atomic E-state index is 12.9. The van der Waals surface area contributed by atoms with Crippen molar-refractivity contribution in [2.45, 2.75) is 39.3 Å². The lowest BCUT2D eigenvalue weighted by Crippen LogP contribution is -2.43. The van der Waals surface area contributed by atoms with Crippen LogP contribution in [0.3, 0.4) is 0 Å². The van der Waals surface area contributed by atoms with Crippen LogP contribution in [0.5, 0.6) is 5.75 Å². The number of anilines is 2. The highest BCUT2D eigenvalue weighted by Gasteiger charge is 2.21. The smallest absolute Gasteiger partial charge is 0.330 e. The van der Waals surface area contributed by atoms with Crippen molar-refractivity contribution in [3.05, 3.63) is 86.6 Å². The molecule has 1 aromatic heterocycles. The highest BCUT2D eigenvalue weighted by molar-refractivity contribution is 5.82. The minimum absolute atomic E-state index is 0.0640. The number of hydrogen-bond donors (Lipinski definition) is 3. The van der Waals surface area contributed by atoms with E-state index in [2.05, 4.69) is 10.3 Å². The normalized spacial score (nSPS) is 10.7. The molecule has 0 aliphatic heterocycles. The number of benzene rings is 2. The van der Waals surface area contributed by atoms with E-state index in [0.29, 0.717) is 19.5 Å². The number of nitrogens with two attached hydrogens (primary N) is 1. The molecule has 9 nitrogen and oxygen atoms in total. The summed E-state index contributed by atoms with van der Waals surface area (Å²) in [7, 11) is 1.62. The van der Waals surface area contributed by atoms with Gasteiger partial charge in [0, 0.05) is 19.6 Å². The van der Waals surface area contributed by atoms with Crippen molar-refractivity contribution in [2.75, 3.05) is 30.8 Å². The van der Waals surface area contributed by atoms with Gasteiger partial charge in [-0.2, -0.15) is 0 Å². The molecule has 4 N–H and O–H groups in total. The molecule has 0 aliphatic rings. The molecule has 1 heterocycles. The number of carbonyl (C=O) groups is 1. The number of methoxy groups -OCH3 is 1. The second-order valence-corrected chi connectivity index (χ2v) is 8.29. The number of H-pyrrole nitrogens is 1. The van der Waals surface area contributed by atoms with Crippen LogP contribution in [-0.4, -0.2) is 35.7 Å². The third kappa shape index (κ3) is 6.99. The van der Waals surface area contributed by atoms with E-state index < -0.39 is 11.2 Å². The fourth-order valence-corrected chi connectivity index (χ4v) is 3.81. The second-order valence-electron chi connectivity index (χ2n) is 8.29. The summed E-state index contributed by atoms with van der Waals surface area (Å²) in [5.74, 6) is 0.589. The van der Waals surface area contributed by atoms with Crippen LogP contribution in [0.2, 0.25) is 0 Å². The summed E-state index contributed by atoms with van der Waals surface area (Å²) < 4.78 is 6.53. The average molecular weight is 480 g/mol. The zero-order valence-corrected chi connectivity index (χ0v) is 20.3. The van der Waals surface area contributed by atoms with Crippen LogP contribution in [0.1, 0.15) is 30.9 Å². The van der Waals surface area contributed by atoms with E-state index in [1.807, 2.05) is 61.5 Å². The average Bonchev–Trinajstić information content (AvgIpc) is 2.84. The van der Waals surface area contributed by atoms with Gasteiger partial charge >= 0.3 is 5.69 Å². The van der Waals surface area contributed by atoms with Crippen molar-refractivity contribution < 1.29 is 9.53 Å². The van der Waals surface area contributed by atoms with Gasteiger partial charge in [-0.1, -0.05) is 55.8 Å². The van der Waals surface area contributed by atoms with E-state index in [0.717, 1.165) is 29.7 Å². The molecule has 1 amide bonds. The number of nitrogen functional groups attached to an aromatic ring is 1. The molecular formula is C26H33N5O4. The third-order valence-electron chi connectivity index (χ3n) is 5.71. The van der Waals surface area contributed by atoms with Gasteiger partial charge in [-0.3, -0.25) is 19.1 Å². The van der Waals surface area contributed by atoms with Gasteiger partial charge in [0.15, 0.2) is 0 Å². The summed E-state index contributed by atoms with van der Waals surface area (Å²) in [5, 5.41) is 2.91. The number of unbranched alkanes of at least 4 members (excludes halogenated alkanes) is 1. The third-order valence-corrected chi connectivity index (χ3v) is 5.71. The lowest BCUT2D eigenvalue weighted by molar-refractivity contribution is -0.119. The number of nitrogens with zero attached hydrogens (tertiary/aromatic N) is 2. The van der Waals surface area contributed by atoms with E-state index >= 15 is 0 Å². The lowest BCUT2D eigenvalue weighted by atomic mass is 10.1. The Morgan fingerprint density at radius 1 is 1.09 bits per heavy atom. The fourth-order valence-electron chi connectivity index (χ4n) is 3.81. The van der Waals surface area contributed by atoms with Crippen molar-refractivity contribution in [3.8, 4) is 5.75 Å². The van der Waals surface area contributed by atoms with Crippen molar-refractivity contribution >= 4 is 17.4 Å². The first-order valence-corrected chi connectivity index (χ1v) is 11.7. The Balaban J connectivity index is 1.79. The molecule has 3 rings (SSSR count). The molecular weight excluding hydrogens is 446 g/mol. The summed E-state index contributed by atoms with van der Waals surface area (Å²) in [6, 6.07) is 17.1. The number of aromatic amines is 1. The molecule has 0 saturated heterocycles. The SMILES string of the molecule is CCCCn1c(N)c(N(CC(=O)NCCc2ccc(OC)cc2)Cc2ccccc2)c(=O)[nH]c1=O. The first kappa shape index (κ1) is 25.6. The van der Waals surface area contributed by atoms with Crippen LogP contribution in [-0.2, 0) is 24.3 Å². The Hall–Kier alpha value is -4.01. The molecule has 9 heteroatoms. The number of aromatic nitrogens is 2. The first-order valence-electron chi connectivity index (χ1n) is 11.7. The Morgan fingerprint density at radius 2 is 1.80 bits per heavy atom. The van der Waals surface area contributed by atoms with Gasteiger partial charge in [-0.25, -0.2) is 4.79 Å². The standard InChI is InChI=1S/C26H33N5O4/c1-3-4-16-31-24(27)23(25(33)29-26(31)34)30(17-20-8-6-5-7-9-20)18-22(32)28-15-14-19-10-12-21(35-2)13-11-19/h5-13H,3-4,14-18,27H2,1-2H3,(H,28,32)(H,29,33,34). The molecule has 0 fully saturated rings. The summed E-state index contributed by atoms with van der Waals surface area (Å²) in [4.78, 5) is 42.0. The van der Waals surface area contributed by atoms with Crippen LogP contribution in [0.4, 0.5) is 11.5 Å². The van der Waals surface area contributed by atoms with Crippen LogP contribution in [0, 0.1) is 0 Å². The molecule has 0 bridgehead atoms. The largest absolute Gasteiger partial charge is 0.497 e. The van der Waals surface area contributed by atoms with Gasteiger partial charge < -0.3 is 20.7 Å². The predicted molar refractivity (Wildman–Crippen MR) is 138 cm³/mol. The van der Waals surface area contributed by atoms with E-state index in [9.17, 15) is 14.4 Å². The van der Waals surface area contributed by atoms with Gasteiger partial charge in [-0.05, 0) is 36.1 Å². The molecule has 2 aromatic carbocycles. The predicted octanol–water partition coefficient (Wildman–Crippen LogP) is 2.29. The van der Waals surface area contributed by atoms with E-state index in [4.69, 9.17) is 10.5 Å². The monoisotopic (exact) mass is 479 g/mol. The van der Waals surface area contributed by atoms with E-state index in [1.165, 1.54) is 4.57 Å². The Labute approximate surface area is 204 Å². The summed E-state index contributed by atoms with van der Waals surface area (Å²) in [6.45, 7) is 3.03. The molecule has 186 valence electrons. The van der Waals surface area contributed by atoms with Crippen molar-refractivity contribution in [2.24, 2.45) is 0 Å². The molecule has 0 atom stereocenters. The summed E-state index contributed by atoms with van der Waals surface area (Å²) >= 11 is 0. The van der Waals surface area contributed by atoms with Gasteiger partial charge in [0.25, 0.3) is 5.56 Å². The van der Waals surface area contributed by atoms with Crippen molar-refractivity contribution in [3.63, 3.8) is 0 Å². The molecule has 0 unspecified atom stereocenters. The Bertz CT molecular complexity index is 1220. The zero-order valence-electron chi connectivity index (χ0n) is 20.3. The molecule has 3 aromatic rings. The molecule has 35 heavy (non-hydrogen) atoms. The maximum absolute atomic E-state index is 12.9. The zero-order chi connectivity index (χ0) is 25.2. The minimum atomic E-state index is -0.609. The van der Waals surface area contributed by atoms with Gasteiger partial charge in [0.05, 0.1) is 13.7 Å². The van der Waals surface area contributed by atoms with Crippen molar-refractivity contribution in [1.82, 2.24) is 14.9 Å². The highest BCUT2D eigenvalue weighted by Crippen LogP contribution is 2.19. The van der Waals surface area contributed by atoms with Gasteiger partial charge in [0.2, 0.25) is 5.91 Å². The van der Waals surface area contributed by atoms with Gasteiger partial charge in [0.1, 0.15) is 17.3 Å². The number of amides is 1. The Kier molecular flexibility index (Phi) is 9.11. The van der Waals surface area contributed by atoms with E-state index in [1.54, 1.807) is 12.0 Å². The topological polar surface area (TPSA) is 122 Å². The van der Waals surface area contributed by atoms with Crippen LogP contribution in [0.15, 0.2) is 64.2 Å². The number of carbonyl (C=O) groups excluding carboxylic acids is 1. The number of nitrogens with one attached hydrogen (secondary N) is 2. The summed E-state index contributed by atoms with van der Waals surface area (Å²) in [6.07, 6.45) is 2.25. The van der Waals surface area contributed by atoms with Crippen LogP contribution >= 0.6 is 0 Å². The molecule has 0 saturated carbocycles. The Morgan fingerprint density at radius 3 is 2.46 bits per heavy atom. The fraction of sp³-hybridized carbons (Fsp3) is 0.346. The molecule has 0 aliphatic carbocycles. The number of rotatable bonds is 12. The van der Waals surface area contributed by atoms with E-state index in [-0.39, 0.29) is 30.5 Å². The van der Waals surface area contributed by atoms with Gasteiger partial charge in [-0.15, -0.1) is 0 Å². The van der Waals surface area contributed by atoms with Crippen LogP contribution < -0.4 is 31.9 Å². The first-order chi connectivity index (χ1) is 16.9. The minimum Gasteiger partial charge on any atom is -0.497 e. The van der Waals surface area contributed by atoms with Crippen molar-refractivity contribution in [1.29, 1.82) is 0 Å². The molecule has 0 radical (unpaired) electrons. The quantitative estimate of drug-likeness (QED) is 0.366. The lowest BCUT2D eigenvalue weighted by Gasteiger charge is -2.26. The highest BCUT2D eigenvalue weighted by atomic mass is 16.5. The summed E-state index contributed by atoms with van der Waals surface area (Å²) in [5.41, 5.74) is 7.25. The second kappa shape index (κ2) is 12.5. The number of ether oxygens (including phenoxy) is 1. The number of hydrogen-bond acceptors (Lipinski definition) is 6. The maximum Gasteiger partial charge on any atom is 0.330 e. The molecule has 0 spiro atoms. The van der Waals surface area contributed by atoms with Crippen LogP contribution in [0.25, 0.3) is 0 Å².